The number of anilines is 1. The van der Waals surface area contributed by atoms with Gasteiger partial charge in [-0.15, -0.1) is 0 Å². The lowest BCUT2D eigenvalue weighted by molar-refractivity contribution is -0.115. The summed E-state index contributed by atoms with van der Waals surface area (Å²) in [6.07, 6.45) is 11.2. The number of nitrogens with zero attached hydrogens (tertiary/aromatic N) is 6. The summed E-state index contributed by atoms with van der Waals surface area (Å²) >= 11 is 0. The van der Waals surface area contributed by atoms with E-state index in [4.69, 9.17) is 9.97 Å². The van der Waals surface area contributed by atoms with E-state index in [0.29, 0.717) is 23.1 Å². The Balaban J connectivity index is 0.971. The lowest BCUT2D eigenvalue weighted by Crippen LogP contribution is -2.36. The molecule has 54 heavy (non-hydrogen) atoms. The Morgan fingerprint density at radius 2 is 1.54 bits per heavy atom. The topological polar surface area (TPSA) is 88.3 Å². The molecular weight excluding hydrogens is 678 g/mol. The Hall–Kier alpha value is -4.41. The van der Waals surface area contributed by atoms with Gasteiger partial charge in [-0.2, -0.15) is 0 Å². The number of fused-ring (bicyclic) bond motifs is 4. The van der Waals surface area contributed by atoms with Crippen molar-refractivity contribution >= 4 is 29.8 Å². The molecule has 2 aliphatic carbocycles. The minimum absolute atomic E-state index is 0.0489. The molecule has 2 aromatic heterocycles. The van der Waals surface area contributed by atoms with Gasteiger partial charge in [0.15, 0.2) is 17.5 Å². The van der Waals surface area contributed by atoms with Crippen LogP contribution in [0.3, 0.4) is 0 Å². The Labute approximate surface area is 318 Å². The van der Waals surface area contributed by atoms with Crippen molar-refractivity contribution in [2.45, 2.75) is 98.2 Å². The zero-order valence-electron chi connectivity index (χ0n) is 32.8. The van der Waals surface area contributed by atoms with Gasteiger partial charge < -0.3 is 19.2 Å². The fraction of sp³-hybridized carbons (Fsp3) is 0.500. The first-order valence-corrected chi connectivity index (χ1v) is 19.8. The average Bonchev–Trinajstić information content (AvgIpc) is 3.92. The van der Waals surface area contributed by atoms with Crippen molar-refractivity contribution in [1.29, 1.82) is 0 Å². The number of hydrogen-bond acceptors (Lipinski definition) is 6. The number of nitrogens with one attached hydrogen (secondary N) is 1. The van der Waals surface area contributed by atoms with E-state index in [1.54, 1.807) is 6.08 Å². The first kappa shape index (κ1) is 36.6. The molecule has 2 bridgehead atoms. The number of carbonyl (C=O) groups excluding carboxylic acids is 2. The van der Waals surface area contributed by atoms with E-state index in [-0.39, 0.29) is 17.1 Å². The van der Waals surface area contributed by atoms with Crippen molar-refractivity contribution in [2.24, 2.45) is 24.9 Å². The maximum absolute atomic E-state index is 16.0. The fourth-order valence-electron chi connectivity index (χ4n) is 9.99. The summed E-state index contributed by atoms with van der Waals surface area (Å²) in [7, 11) is 3.85. The molecule has 0 atom stereocenters. The summed E-state index contributed by atoms with van der Waals surface area (Å²) in [6, 6.07) is 12.3. The highest BCUT2D eigenvalue weighted by Crippen LogP contribution is 2.62. The number of amides is 1. The molecule has 4 aliphatic rings. The van der Waals surface area contributed by atoms with Crippen LogP contribution in [0.15, 0.2) is 36.4 Å². The minimum Gasteiger partial charge on any atom is -0.329 e. The molecule has 0 unspecified atom stereocenters. The van der Waals surface area contributed by atoms with Gasteiger partial charge in [-0.05, 0) is 118 Å². The third kappa shape index (κ3) is 6.45. The van der Waals surface area contributed by atoms with Crippen LogP contribution in [0.25, 0.3) is 23.0 Å². The van der Waals surface area contributed by atoms with Gasteiger partial charge >= 0.3 is 0 Å². The Bertz CT molecular complexity index is 2150. The second-order valence-electron chi connectivity index (χ2n) is 17.0. The zero-order valence-corrected chi connectivity index (χ0v) is 32.8. The summed E-state index contributed by atoms with van der Waals surface area (Å²) in [6.45, 7) is 12.8. The van der Waals surface area contributed by atoms with Crippen molar-refractivity contribution in [3.05, 3.63) is 87.5 Å². The van der Waals surface area contributed by atoms with Crippen molar-refractivity contribution in [1.82, 2.24) is 28.9 Å². The van der Waals surface area contributed by atoms with Crippen LogP contribution in [0, 0.1) is 24.7 Å². The molecule has 1 amide bonds. The molecule has 10 heteroatoms. The first-order chi connectivity index (χ1) is 25.9. The van der Waals surface area contributed by atoms with Gasteiger partial charge in [0.05, 0.1) is 11.4 Å². The molecule has 2 fully saturated rings. The highest BCUT2D eigenvalue weighted by Gasteiger charge is 2.53. The molecule has 0 radical (unpaired) electrons. The number of benzene rings is 2. The van der Waals surface area contributed by atoms with E-state index < -0.39 is 0 Å². The lowest BCUT2D eigenvalue weighted by Gasteiger charge is -2.32. The SMILES string of the molecule is Cc1c(/C=C(\F)c2nc3c(n2C)CCN(C(C)C)C3)cccc1-c1cccc(NC(=O)c2nc3c(n2C)CCN(CCC24CCC(C=O)(CC2)C4)C3)c1C. The first-order valence-electron chi connectivity index (χ1n) is 19.8. The largest absolute Gasteiger partial charge is 0.329 e. The number of hydrogen-bond donors (Lipinski definition) is 1. The van der Waals surface area contributed by atoms with Gasteiger partial charge in [0.2, 0.25) is 0 Å². The number of halogens is 1. The normalized spacial score (nSPS) is 22.9. The van der Waals surface area contributed by atoms with Crippen LogP contribution in [0.4, 0.5) is 10.1 Å². The standard InChI is InChI=1S/C44H54FN7O2/c1-28(2)52-21-14-39-37(25-52)46-40(49(39)5)34(45)23-31-9-7-10-32(29(31)3)33-11-8-12-35(30(33)4)48-42(54)41-47-36-24-51(20-13-38(36)50(41)6)22-19-43-15-17-44(26-43,27-53)18-16-43/h7-12,23,27-28H,13-22,24-26H2,1-6H3,(H,48,54)/b34-23-. The van der Waals surface area contributed by atoms with E-state index in [0.717, 1.165) is 128 Å². The number of rotatable bonds is 10. The molecule has 0 saturated heterocycles. The van der Waals surface area contributed by atoms with Crippen molar-refractivity contribution in [3.63, 3.8) is 0 Å². The van der Waals surface area contributed by atoms with Crippen LogP contribution >= 0.6 is 0 Å². The highest BCUT2D eigenvalue weighted by molar-refractivity contribution is 6.03. The Kier molecular flexibility index (Phi) is 9.49. The Morgan fingerprint density at radius 1 is 0.889 bits per heavy atom. The van der Waals surface area contributed by atoms with Gasteiger partial charge in [0, 0.05) is 81.6 Å². The maximum Gasteiger partial charge on any atom is 0.291 e. The second-order valence-corrected chi connectivity index (χ2v) is 17.0. The minimum atomic E-state index is -0.352. The molecule has 4 heterocycles. The third-order valence-corrected chi connectivity index (χ3v) is 13.5. The van der Waals surface area contributed by atoms with Gasteiger partial charge in [-0.1, -0.05) is 30.3 Å². The number of carbonyl (C=O) groups is 2. The smallest absolute Gasteiger partial charge is 0.291 e. The summed E-state index contributed by atoms with van der Waals surface area (Å²) in [4.78, 5) is 40.1. The summed E-state index contributed by atoms with van der Waals surface area (Å²) in [5.41, 5.74) is 9.80. The van der Waals surface area contributed by atoms with Gasteiger partial charge in [-0.25, -0.2) is 14.4 Å². The van der Waals surface area contributed by atoms with Crippen LogP contribution in [-0.2, 0) is 44.8 Å². The molecule has 1 N–H and O–H groups in total. The predicted octanol–water partition coefficient (Wildman–Crippen LogP) is 7.82. The monoisotopic (exact) mass is 731 g/mol. The van der Waals surface area contributed by atoms with Crippen LogP contribution in [0.2, 0.25) is 0 Å². The third-order valence-electron chi connectivity index (χ3n) is 13.5. The molecular formula is C44H54FN7O2. The van der Waals surface area contributed by atoms with E-state index in [1.165, 1.54) is 19.1 Å². The van der Waals surface area contributed by atoms with Crippen LogP contribution in [0.5, 0.6) is 0 Å². The highest BCUT2D eigenvalue weighted by atomic mass is 19.1. The van der Waals surface area contributed by atoms with Crippen LogP contribution in [-0.4, -0.2) is 66.8 Å². The Morgan fingerprint density at radius 3 is 2.24 bits per heavy atom. The van der Waals surface area contributed by atoms with E-state index >= 15 is 4.39 Å². The summed E-state index contributed by atoms with van der Waals surface area (Å²) < 4.78 is 19.8. The molecule has 284 valence electrons. The molecule has 2 saturated carbocycles. The molecule has 9 nitrogen and oxygen atoms in total. The molecule has 2 aromatic carbocycles. The van der Waals surface area contributed by atoms with E-state index in [9.17, 15) is 9.59 Å². The van der Waals surface area contributed by atoms with E-state index in [1.807, 2.05) is 67.4 Å². The molecule has 8 rings (SSSR count). The zero-order chi connectivity index (χ0) is 37.9. The maximum atomic E-state index is 16.0. The van der Waals surface area contributed by atoms with Crippen molar-refractivity contribution < 1.29 is 14.0 Å². The second kappa shape index (κ2) is 14.0. The average molecular weight is 732 g/mol. The number of aldehydes is 1. The molecule has 2 aliphatic heterocycles. The van der Waals surface area contributed by atoms with Crippen LogP contribution < -0.4 is 5.32 Å². The van der Waals surface area contributed by atoms with Crippen molar-refractivity contribution in [2.75, 3.05) is 25.0 Å². The van der Waals surface area contributed by atoms with Gasteiger partial charge in [0.1, 0.15) is 6.29 Å². The summed E-state index contributed by atoms with van der Waals surface area (Å²) in [5.74, 6) is 0.197. The molecule has 0 spiro atoms. The van der Waals surface area contributed by atoms with Crippen LogP contribution in [0.1, 0.15) is 108 Å². The molecule has 4 aromatic rings. The quantitative estimate of drug-likeness (QED) is 0.168. The summed E-state index contributed by atoms with van der Waals surface area (Å²) in [5, 5.41) is 3.16. The lowest BCUT2D eigenvalue weighted by atomic mass is 9.80. The van der Waals surface area contributed by atoms with Gasteiger partial charge in [0.25, 0.3) is 5.91 Å². The number of aromatic nitrogens is 4. The van der Waals surface area contributed by atoms with E-state index in [2.05, 4.69) is 35.0 Å². The van der Waals surface area contributed by atoms with Gasteiger partial charge in [-0.3, -0.25) is 14.6 Å². The predicted molar refractivity (Wildman–Crippen MR) is 212 cm³/mol. The number of imidazole rings is 2. The van der Waals surface area contributed by atoms with Crippen molar-refractivity contribution in [3.8, 4) is 11.1 Å². The fourth-order valence-corrected chi connectivity index (χ4v) is 9.99.